The number of carbonyl (C=O) groups excluding carboxylic acids is 2. The Morgan fingerprint density at radius 1 is 0.938 bits per heavy atom. The molecule has 0 spiro atoms. The fraction of sp³-hybridized carbons (Fsp3) is 0.500. The SMILES string of the molecule is CC(C)C(=O)Nc1ccc(C2(C(=O)N3CCN(c4ccccn4)CC3)CCCCC2)cc1. The van der Waals surface area contributed by atoms with Gasteiger partial charge in [-0.2, -0.15) is 0 Å². The standard InChI is InChI=1S/C26H34N4O2/c1-20(2)24(31)28-22-11-9-21(10-12-22)26(13-5-3-6-14-26)25(32)30-18-16-29(17-19-30)23-8-4-7-15-27-23/h4,7-12,15,20H,3,5-6,13-14,16-19H2,1-2H3,(H,28,31). The molecule has 0 radical (unpaired) electrons. The molecule has 2 aliphatic rings. The van der Waals surface area contributed by atoms with Gasteiger partial charge in [-0.15, -0.1) is 0 Å². The minimum Gasteiger partial charge on any atom is -0.353 e. The molecule has 1 saturated carbocycles. The first-order valence-electron chi connectivity index (χ1n) is 11.9. The molecule has 0 unspecified atom stereocenters. The van der Waals surface area contributed by atoms with Gasteiger partial charge >= 0.3 is 0 Å². The van der Waals surface area contributed by atoms with Crippen LogP contribution in [0.15, 0.2) is 48.7 Å². The molecule has 2 aromatic rings. The lowest BCUT2D eigenvalue weighted by Crippen LogP contribution is -2.55. The van der Waals surface area contributed by atoms with E-state index in [0.717, 1.165) is 68.9 Å². The normalized spacial score (nSPS) is 18.5. The number of amides is 2. The van der Waals surface area contributed by atoms with Crippen LogP contribution in [0.25, 0.3) is 0 Å². The molecular weight excluding hydrogens is 400 g/mol. The van der Waals surface area contributed by atoms with Crippen LogP contribution in [0.5, 0.6) is 0 Å². The number of rotatable bonds is 5. The van der Waals surface area contributed by atoms with E-state index in [1.165, 1.54) is 6.42 Å². The van der Waals surface area contributed by atoms with Crippen molar-refractivity contribution in [3.8, 4) is 0 Å². The number of nitrogens with one attached hydrogen (secondary N) is 1. The quantitative estimate of drug-likeness (QED) is 0.765. The fourth-order valence-electron chi connectivity index (χ4n) is 4.92. The summed E-state index contributed by atoms with van der Waals surface area (Å²) in [6, 6.07) is 13.9. The van der Waals surface area contributed by atoms with Crippen molar-refractivity contribution in [2.24, 2.45) is 5.92 Å². The van der Waals surface area contributed by atoms with Gasteiger partial charge in [0, 0.05) is 44.0 Å². The van der Waals surface area contributed by atoms with Crippen LogP contribution in [0.3, 0.4) is 0 Å². The number of anilines is 2. The maximum absolute atomic E-state index is 13.9. The highest BCUT2D eigenvalue weighted by Gasteiger charge is 2.44. The predicted molar refractivity (Wildman–Crippen MR) is 128 cm³/mol. The molecule has 1 aromatic heterocycles. The second-order valence-electron chi connectivity index (χ2n) is 9.33. The third-order valence-electron chi connectivity index (χ3n) is 6.89. The van der Waals surface area contributed by atoms with Crippen LogP contribution in [0.4, 0.5) is 11.5 Å². The van der Waals surface area contributed by atoms with E-state index in [1.807, 2.05) is 62.5 Å². The van der Waals surface area contributed by atoms with Gasteiger partial charge in [0.25, 0.3) is 0 Å². The number of aromatic nitrogens is 1. The number of carbonyl (C=O) groups is 2. The smallest absolute Gasteiger partial charge is 0.233 e. The Morgan fingerprint density at radius 2 is 1.62 bits per heavy atom. The second kappa shape index (κ2) is 9.72. The number of piperazine rings is 1. The summed E-state index contributed by atoms with van der Waals surface area (Å²) in [6.07, 6.45) is 6.94. The summed E-state index contributed by atoms with van der Waals surface area (Å²) in [7, 11) is 0. The molecule has 1 N–H and O–H groups in total. The summed E-state index contributed by atoms with van der Waals surface area (Å²) >= 11 is 0. The summed E-state index contributed by atoms with van der Waals surface area (Å²) in [5.41, 5.74) is 1.41. The van der Waals surface area contributed by atoms with Gasteiger partial charge in [-0.1, -0.05) is 51.3 Å². The van der Waals surface area contributed by atoms with Gasteiger partial charge in [0.15, 0.2) is 0 Å². The van der Waals surface area contributed by atoms with Crippen LogP contribution in [-0.2, 0) is 15.0 Å². The van der Waals surface area contributed by atoms with Crippen molar-refractivity contribution in [2.45, 2.75) is 51.4 Å². The average Bonchev–Trinajstić information content (AvgIpc) is 2.85. The lowest BCUT2D eigenvalue weighted by molar-refractivity contribution is -0.139. The van der Waals surface area contributed by atoms with Crippen LogP contribution < -0.4 is 10.2 Å². The van der Waals surface area contributed by atoms with Gasteiger partial charge in [0.05, 0.1) is 5.41 Å². The van der Waals surface area contributed by atoms with Crippen LogP contribution >= 0.6 is 0 Å². The molecule has 1 aliphatic heterocycles. The van der Waals surface area contributed by atoms with Gasteiger partial charge in [-0.3, -0.25) is 9.59 Å². The lowest BCUT2D eigenvalue weighted by atomic mass is 9.68. The molecule has 6 heteroatoms. The molecule has 2 heterocycles. The molecule has 32 heavy (non-hydrogen) atoms. The first-order valence-corrected chi connectivity index (χ1v) is 11.9. The first-order chi connectivity index (χ1) is 15.5. The molecular formula is C26H34N4O2. The molecule has 170 valence electrons. The van der Waals surface area contributed by atoms with E-state index in [1.54, 1.807) is 0 Å². The lowest BCUT2D eigenvalue weighted by Gasteiger charge is -2.43. The summed E-state index contributed by atoms with van der Waals surface area (Å²) in [4.78, 5) is 34.7. The van der Waals surface area contributed by atoms with Crippen molar-refractivity contribution in [1.29, 1.82) is 0 Å². The van der Waals surface area contributed by atoms with Crippen LogP contribution in [0.1, 0.15) is 51.5 Å². The van der Waals surface area contributed by atoms with E-state index in [0.29, 0.717) is 0 Å². The van der Waals surface area contributed by atoms with Crippen molar-refractivity contribution in [3.63, 3.8) is 0 Å². The fourth-order valence-corrected chi connectivity index (χ4v) is 4.92. The van der Waals surface area contributed by atoms with Crippen molar-refractivity contribution in [2.75, 3.05) is 36.4 Å². The third-order valence-corrected chi connectivity index (χ3v) is 6.89. The number of pyridine rings is 1. The van der Waals surface area contributed by atoms with Gasteiger partial charge < -0.3 is 15.1 Å². The highest BCUT2D eigenvalue weighted by Crippen LogP contribution is 2.41. The summed E-state index contributed by atoms with van der Waals surface area (Å²) in [5.74, 6) is 1.18. The van der Waals surface area contributed by atoms with Crippen molar-refractivity contribution in [3.05, 3.63) is 54.2 Å². The Hall–Kier alpha value is -2.89. The molecule has 6 nitrogen and oxygen atoms in total. The van der Waals surface area contributed by atoms with Crippen LogP contribution in [0, 0.1) is 5.92 Å². The van der Waals surface area contributed by atoms with E-state index in [4.69, 9.17) is 0 Å². The number of hydrogen-bond donors (Lipinski definition) is 1. The maximum Gasteiger partial charge on any atom is 0.233 e. The summed E-state index contributed by atoms with van der Waals surface area (Å²) in [5, 5.41) is 2.95. The van der Waals surface area contributed by atoms with Crippen molar-refractivity contribution in [1.82, 2.24) is 9.88 Å². The zero-order valence-electron chi connectivity index (χ0n) is 19.2. The summed E-state index contributed by atoms with van der Waals surface area (Å²) in [6.45, 7) is 6.82. The molecule has 0 bridgehead atoms. The summed E-state index contributed by atoms with van der Waals surface area (Å²) < 4.78 is 0. The highest BCUT2D eigenvalue weighted by molar-refractivity contribution is 5.92. The average molecular weight is 435 g/mol. The molecule has 1 aromatic carbocycles. The van der Waals surface area contributed by atoms with Crippen molar-refractivity contribution >= 4 is 23.3 Å². The van der Waals surface area contributed by atoms with E-state index in [2.05, 4.69) is 20.1 Å². The Balaban J connectivity index is 1.49. The van der Waals surface area contributed by atoms with Crippen LogP contribution in [-0.4, -0.2) is 47.9 Å². The van der Waals surface area contributed by atoms with E-state index in [9.17, 15) is 9.59 Å². The topological polar surface area (TPSA) is 65.5 Å². The van der Waals surface area contributed by atoms with E-state index < -0.39 is 5.41 Å². The monoisotopic (exact) mass is 434 g/mol. The first kappa shape index (κ1) is 22.3. The number of nitrogens with zero attached hydrogens (tertiary/aromatic N) is 3. The highest BCUT2D eigenvalue weighted by atomic mass is 16.2. The Bertz CT molecular complexity index is 913. The minimum atomic E-state index is -0.452. The zero-order valence-corrected chi connectivity index (χ0v) is 19.2. The Kier molecular flexibility index (Phi) is 6.77. The van der Waals surface area contributed by atoms with Gasteiger partial charge in [-0.05, 0) is 42.7 Å². The third kappa shape index (κ3) is 4.64. The van der Waals surface area contributed by atoms with E-state index >= 15 is 0 Å². The second-order valence-corrected chi connectivity index (χ2v) is 9.33. The molecule has 2 amide bonds. The zero-order chi connectivity index (χ0) is 22.6. The Labute approximate surface area is 191 Å². The Morgan fingerprint density at radius 3 is 2.22 bits per heavy atom. The molecule has 0 atom stereocenters. The number of hydrogen-bond acceptors (Lipinski definition) is 4. The minimum absolute atomic E-state index is 0.00647. The van der Waals surface area contributed by atoms with E-state index in [-0.39, 0.29) is 17.7 Å². The van der Waals surface area contributed by atoms with Gasteiger partial charge in [0.1, 0.15) is 5.82 Å². The maximum atomic E-state index is 13.9. The molecule has 1 aliphatic carbocycles. The number of benzene rings is 1. The van der Waals surface area contributed by atoms with Crippen molar-refractivity contribution < 1.29 is 9.59 Å². The molecule has 2 fully saturated rings. The predicted octanol–water partition coefficient (Wildman–Crippen LogP) is 4.23. The van der Waals surface area contributed by atoms with Gasteiger partial charge in [-0.25, -0.2) is 4.98 Å². The largest absolute Gasteiger partial charge is 0.353 e. The molecule has 4 rings (SSSR count). The molecule has 1 saturated heterocycles. The van der Waals surface area contributed by atoms with Crippen LogP contribution in [0.2, 0.25) is 0 Å². The van der Waals surface area contributed by atoms with Gasteiger partial charge in [0.2, 0.25) is 11.8 Å².